The fourth-order valence-corrected chi connectivity index (χ4v) is 3.02. The Balaban J connectivity index is 1.75. The second-order valence-electron chi connectivity index (χ2n) is 5.02. The van der Waals surface area contributed by atoms with Crippen molar-refractivity contribution >= 4 is 16.8 Å². The predicted octanol–water partition coefficient (Wildman–Crippen LogP) is 0.377. The minimum Gasteiger partial charge on any atom is -0.394 e. The molecule has 1 aliphatic carbocycles. The molecule has 1 unspecified atom stereocenters. The number of rotatable bonds is 7. The molecular formula is C12H21NO4S. The van der Waals surface area contributed by atoms with Crippen molar-refractivity contribution in [3.63, 3.8) is 0 Å². The number of hydrogen-bond donors (Lipinski definition) is 3. The zero-order valence-electron chi connectivity index (χ0n) is 10.5. The number of aliphatic imine (C=N–C) groups is 1. The van der Waals surface area contributed by atoms with Crippen molar-refractivity contribution in [2.75, 3.05) is 13.2 Å². The minimum atomic E-state index is -1.07. The molecule has 5 nitrogen and oxygen atoms in total. The van der Waals surface area contributed by atoms with Crippen LogP contribution in [0.25, 0.3) is 0 Å². The number of nitrogens with zero attached hydrogens (tertiary/aromatic N) is 1. The van der Waals surface area contributed by atoms with E-state index in [4.69, 9.17) is 4.74 Å². The van der Waals surface area contributed by atoms with E-state index < -0.39 is 18.3 Å². The standard InChI is InChI=1S/C12H21NO4S/c1-7(15)12(16)9(6-14)17-11-5-13-10(18-11)4-8-2-3-8/h7-9,11-12,14-16H,2-6H2,1H3/t7-,9-,11?,12+/m1/s1. The van der Waals surface area contributed by atoms with Crippen molar-refractivity contribution < 1.29 is 20.1 Å². The highest BCUT2D eigenvalue weighted by atomic mass is 32.2. The van der Waals surface area contributed by atoms with Crippen LogP contribution in [0.1, 0.15) is 26.2 Å². The summed E-state index contributed by atoms with van der Waals surface area (Å²) in [6, 6.07) is 0. The Kier molecular flexibility index (Phi) is 5.03. The van der Waals surface area contributed by atoms with E-state index in [1.807, 2.05) is 0 Å². The molecule has 1 fully saturated rings. The zero-order chi connectivity index (χ0) is 13.1. The maximum Gasteiger partial charge on any atom is 0.128 e. The number of hydrogen-bond acceptors (Lipinski definition) is 6. The molecule has 0 bridgehead atoms. The summed E-state index contributed by atoms with van der Waals surface area (Å²) >= 11 is 1.58. The maximum absolute atomic E-state index is 9.69. The van der Waals surface area contributed by atoms with Crippen LogP contribution >= 0.6 is 11.8 Å². The van der Waals surface area contributed by atoms with Crippen molar-refractivity contribution in [2.45, 2.75) is 49.9 Å². The Morgan fingerprint density at radius 3 is 2.72 bits per heavy atom. The van der Waals surface area contributed by atoms with Gasteiger partial charge in [0.25, 0.3) is 0 Å². The van der Waals surface area contributed by atoms with Crippen LogP contribution in [-0.4, -0.2) is 57.3 Å². The molecule has 0 aromatic heterocycles. The van der Waals surface area contributed by atoms with Gasteiger partial charge in [0.2, 0.25) is 0 Å². The third-order valence-corrected chi connectivity index (χ3v) is 4.32. The van der Waals surface area contributed by atoms with Crippen molar-refractivity contribution in [1.82, 2.24) is 0 Å². The first kappa shape index (κ1) is 14.3. The van der Waals surface area contributed by atoms with E-state index in [0.717, 1.165) is 17.4 Å². The Hall–Kier alpha value is -0.140. The Morgan fingerprint density at radius 1 is 1.44 bits per heavy atom. The second-order valence-corrected chi connectivity index (χ2v) is 6.25. The molecule has 1 aliphatic heterocycles. The van der Waals surface area contributed by atoms with Crippen LogP contribution in [-0.2, 0) is 4.74 Å². The van der Waals surface area contributed by atoms with Gasteiger partial charge in [0.15, 0.2) is 0 Å². The van der Waals surface area contributed by atoms with E-state index in [1.54, 1.807) is 11.8 Å². The lowest BCUT2D eigenvalue weighted by atomic mass is 10.1. The lowest BCUT2D eigenvalue weighted by Gasteiger charge is -2.25. The average Bonchev–Trinajstić information content (AvgIpc) is 3.04. The first-order valence-corrected chi connectivity index (χ1v) is 7.30. The van der Waals surface area contributed by atoms with Crippen LogP contribution in [0.5, 0.6) is 0 Å². The van der Waals surface area contributed by atoms with Crippen molar-refractivity contribution in [3.05, 3.63) is 0 Å². The van der Waals surface area contributed by atoms with E-state index in [-0.39, 0.29) is 12.0 Å². The van der Waals surface area contributed by atoms with Crippen LogP contribution in [0.4, 0.5) is 0 Å². The Bertz CT molecular complexity index is 306. The van der Waals surface area contributed by atoms with Gasteiger partial charge >= 0.3 is 0 Å². The van der Waals surface area contributed by atoms with Gasteiger partial charge in [-0.05, 0) is 32.1 Å². The van der Waals surface area contributed by atoms with Gasteiger partial charge in [0.1, 0.15) is 17.6 Å². The van der Waals surface area contributed by atoms with Gasteiger partial charge in [0, 0.05) is 0 Å². The molecule has 18 heavy (non-hydrogen) atoms. The lowest BCUT2D eigenvalue weighted by Crippen LogP contribution is -2.41. The quantitative estimate of drug-likeness (QED) is 0.625. The molecule has 4 atom stereocenters. The summed E-state index contributed by atoms with van der Waals surface area (Å²) in [5, 5.41) is 29.3. The van der Waals surface area contributed by atoms with E-state index in [2.05, 4.69) is 4.99 Å². The fraction of sp³-hybridized carbons (Fsp3) is 0.917. The highest BCUT2D eigenvalue weighted by molar-refractivity contribution is 8.14. The Labute approximate surface area is 111 Å². The van der Waals surface area contributed by atoms with E-state index >= 15 is 0 Å². The molecule has 0 radical (unpaired) electrons. The summed E-state index contributed by atoms with van der Waals surface area (Å²) in [6.45, 7) is 1.74. The van der Waals surface area contributed by atoms with E-state index in [1.165, 1.54) is 19.8 Å². The van der Waals surface area contributed by atoms with Gasteiger partial charge in [-0.25, -0.2) is 0 Å². The Morgan fingerprint density at radius 2 is 2.17 bits per heavy atom. The smallest absolute Gasteiger partial charge is 0.128 e. The summed E-state index contributed by atoms with van der Waals surface area (Å²) in [6.07, 6.45) is 0.894. The molecule has 2 rings (SSSR count). The van der Waals surface area contributed by atoms with Crippen molar-refractivity contribution in [1.29, 1.82) is 0 Å². The van der Waals surface area contributed by atoms with Gasteiger partial charge in [-0.2, -0.15) is 0 Å². The van der Waals surface area contributed by atoms with E-state index in [0.29, 0.717) is 6.54 Å². The monoisotopic (exact) mass is 275 g/mol. The fourth-order valence-electron chi connectivity index (χ4n) is 1.89. The lowest BCUT2D eigenvalue weighted by molar-refractivity contribution is -0.107. The average molecular weight is 275 g/mol. The van der Waals surface area contributed by atoms with Crippen LogP contribution in [0.3, 0.4) is 0 Å². The van der Waals surface area contributed by atoms with E-state index in [9.17, 15) is 15.3 Å². The SMILES string of the molecule is C[C@@H](O)[C@H](O)[C@@H](CO)OC1CN=C(CC2CC2)S1. The van der Waals surface area contributed by atoms with Gasteiger partial charge in [0.05, 0.1) is 24.3 Å². The third-order valence-electron chi connectivity index (χ3n) is 3.23. The molecule has 0 spiro atoms. The van der Waals surface area contributed by atoms with Gasteiger partial charge in [-0.3, -0.25) is 4.99 Å². The molecule has 1 saturated carbocycles. The molecule has 2 aliphatic rings. The molecule has 0 saturated heterocycles. The summed E-state index contributed by atoms with van der Waals surface area (Å²) in [5.41, 5.74) is -0.149. The molecule has 0 aromatic rings. The summed E-state index contributed by atoms with van der Waals surface area (Å²) in [7, 11) is 0. The molecule has 3 N–H and O–H groups in total. The maximum atomic E-state index is 9.69. The van der Waals surface area contributed by atoms with Crippen molar-refractivity contribution in [3.8, 4) is 0 Å². The summed E-state index contributed by atoms with van der Waals surface area (Å²) in [4.78, 5) is 4.42. The first-order chi connectivity index (χ1) is 8.60. The number of thioether (sulfide) groups is 1. The molecule has 104 valence electrons. The van der Waals surface area contributed by atoms with Gasteiger partial charge in [-0.1, -0.05) is 11.8 Å². The predicted molar refractivity (Wildman–Crippen MR) is 70.7 cm³/mol. The molecule has 6 heteroatoms. The van der Waals surface area contributed by atoms with Crippen molar-refractivity contribution in [2.24, 2.45) is 10.9 Å². The van der Waals surface area contributed by atoms with Gasteiger partial charge < -0.3 is 20.1 Å². The molecular weight excluding hydrogens is 254 g/mol. The number of aliphatic hydroxyl groups is 3. The topological polar surface area (TPSA) is 82.3 Å². The first-order valence-electron chi connectivity index (χ1n) is 6.42. The molecule has 0 aromatic carbocycles. The molecule has 1 heterocycles. The summed E-state index contributed by atoms with van der Waals surface area (Å²) < 4.78 is 5.60. The second kappa shape index (κ2) is 6.34. The molecule has 0 amide bonds. The summed E-state index contributed by atoms with van der Waals surface area (Å²) in [5.74, 6) is 0.798. The third kappa shape index (κ3) is 3.93. The highest BCUT2D eigenvalue weighted by Crippen LogP contribution is 2.37. The van der Waals surface area contributed by atoms with Crippen LogP contribution in [0, 0.1) is 5.92 Å². The van der Waals surface area contributed by atoms with Crippen LogP contribution in [0.15, 0.2) is 4.99 Å². The van der Waals surface area contributed by atoms with Gasteiger partial charge in [-0.15, -0.1) is 0 Å². The van der Waals surface area contributed by atoms with Crippen LogP contribution < -0.4 is 0 Å². The van der Waals surface area contributed by atoms with Crippen LogP contribution in [0.2, 0.25) is 0 Å². The largest absolute Gasteiger partial charge is 0.394 e. The highest BCUT2D eigenvalue weighted by Gasteiger charge is 2.31. The number of aliphatic hydroxyl groups excluding tert-OH is 3. The zero-order valence-corrected chi connectivity index (χ0v) is 11.3. The normalized spacial score (nSPS) is 28.9. The minimum absolute atomic E-state index is 0.149. The number of ether oxygens (including phenoxy) is 1.